The van der Waals surface area contributed by atoms with Crippen LogP contribution in [0.4, 0.5) is 23.0 Å². The molecule has 0 aliphatic rings. The first-order valence-electron chi connectivity index (χ1n) is 9.91. The molecule has 0 saturated carbocycles. The molecule has 0 bridgehead atoms. The van der Waals surface area contributed by atoms with E-state index in [0.29, 0.717) is 5.75 Å². The van der Waals surface area contributed by atoms with Crippen molar-refractivity contribution in [3.8, 4) is 11.5 Å². The van der Waals surface area contributed by atoms with Crippen molar-refractivity contribution in [3.63, 3.8) is 0 Å². The van der Waals surface area contributed by atoms with Gasteiger partial charge in [0, 0.05) is 5.69 Å². The minimum absolute atomic E-state index is 0. The number of rotatable bonds is 7. The van der Waals surface area contributed by atoms with Crippen molar-refractivity contribution >= 4 is 77.2 Å². The van der Waals surface area contributed by atoms with Crippen LogP contribution in [0.25, 0.3) is 10.8 Å². The summed E-state index contributed by atoms with van der Waals surface area (Å²) in [5.41, 5.74) is -0.946. The van der Waals surface area contributed by atoms with E-state index in [-0.39, 0.29) is 97.8 Å². The summed E-state index contributed by atoms with van der Waals surface area (Å²) in [5.74, 6) is -0.941. The van der Waals surface area contributed by atoms with Crippen molar-refractivity contribution in [2.24, 2.45) is 10.2 Å². The number of nitrogens with zero attached hydrogens (tertiary/aromatic N) is 5. The van der Waals surface area contributed by atoms with Crippen LogP contribution in [0.15, 0.2) is 62.5 Å². The van der Waals surface area contributed by atoms with E-state index in [9.17, 15) is 31.0 Å². The minimum Gasteiger partial charge on any atom is -0.870 e. The molecule has 0 aliphatic heterocycles. The minimum atomic E-state index is -5.11. The van der Waals surface area contributed by atoms with E-state index in [1.807, 2.05) is 0 Å². The number of halogens is 2. The monoisotopic (exact) mass is 644 g/mol. The number of fused-ring (bicyclic) bond motifs is 1. The largest absolute Gasteiger partial charge is 1.00 e. The average molecular weight is 645 g/mol. The number of ether oxygens (including phenoxy) is 1. The molecule has 0 fully saturated rings. The second-order valence-electron chi connectivity index (χ2n) is 7.27. The van der Waals surface area contributed by atoms with Gasteiger partial charge in [-0.25, -0.2) is 8.42 Å². The molecule has 40 heavy (non-hydrogen) atoms. The van der Waals surface area contributed by atoms with E-state index in [4.69, 9.17) is 27.9 Å². The van der Waals surface area contributed by atoms with Gasteiger partial charge in [0.25, 0.3) is 10.1 Å². The molecule has 0 saturated heterocycles. The summed E-state index contributed by atoms with van der Waals surface area (Å²) in [5, 5.41) is 22.2. The maximum absolute atomic E-state index is 13.5. The fraction of sp³-hybridized carbons (Fsp3) is 0.0500. The number of aromatic nitrogens is 3. The number of hydrogen-bond donors (Lipinski definition) is 2. The van der Waals surface area contributed by atoms with Gasteiger partial charge in [-0.15, -0.1) is 5.11 Å². The van der Waals surface area contributed by atoms with E-state index >= 15 is 0 Å². The number of azo groups is 1. The van der Waals surface area contributed by atoms with Crippen molar-refractivity contribution in [3.05, 3.63) is 53.0 Å². The first-order chi connectivity index (χ1) is 17.8. The Morgan fingerprint density at radius 2 is 1.55 bits per heavy atom. The number of methoxy groups -OCH3 is 1. The third-order valence-electron chi connectivity index (χ3n) is 4.84. The van der Waals surface area contributed by atoms with E-state index in [0.717, 1.165) is 18.2 Å². The van der Waals surface area contributed by atoms with Gasteiger partial charge < -0.3 is 19.7 Å². The van der Waals surface area contributed by atoms with Crippen LogP contribution in [0.1, 0.15) is 0 Å². The fourth-order valence-electron chi connectivity index (χ4n) is 3.24. The molecule has 0 amide bonds. The molecule has 3 aromatic carbocycles. The Hall–Kier alpha value is -1.67. The van der Waals surface area contributed by atoms with Gasteiger partial charge in [0.1, 0.15) is 20.8 Å². The zero-order chi connectivity index (χ0) is 27.8. The van der Waals surface area contributed by atoms with Crippen molar-refractivity contribution in [1.82, 2.24) is 15.0 Å². The van der Waals surface area contributed by atoms with Crippen LogP contribution in [0.5, 0.6) is 11.5 Å². The Labute approximate surface area is 281 Å². The Kier molecular flexibility index (Phi) is 11.7. The quantitative estimate of drug-likeness (QED) is 0.124. The second-order valence-corrected chi connectivity index (χ2v) is 10.7. The molecule has 1 aromatic heterocycles. The van der Waals surface area contributed by atoms with E-state index in [2.05, 4.69) is 30.5 Å². The molecule has 4 rings (SSSR count). The molecule has 0 atom stereocenters. The second kappa shape index (κ2) is 13.5. The molecule has 20 heteroatoms. The van der Waals surface area contributed by atoms with Gasteiger partial charge in [-0.3, -0.25) is 4.55 Å². The van der Waals surface area contributed by atoms with E-state index < -0.39 is 41.5 Å². The number of anilines is 2. The molecular weight excluding hydrogens is 633 g/mol. The summed E-state index contributed by atoms with van der Waals surface area (Å²) in [6.07, 6.45) is 0. The van der Waals surface area contributed by atoms with Crippen LogP contribution in [0.3, 0.4) is 0 Å². The summed E-state index contributed by atoms with van der Waals surface area (Å²) in [6.45, 7) is 0. The van der Waals surface area contributed by atoms with Crippen LogP contribution in [0.2, 0.25) is 10.6 Å². The first-order valence-corrected chi connectivity index (χ1v) is 13.5. The Morgan fingerprint density at radius 1 is 0.950 bits per heavy atom. The summed E-state index contributed by atoms with van der Waals surface area (Å²) < 4.78 is 74.4. The van der Waals surface area contributed by atoms with Crippen LogP contribution in [0, 0.1) is 0 Å². The Morgan fingerprint density at radius 3 is 2.08 bits per heavy atom. The fourth-order valence-corrected chi connectivity index (χ4v) is 4.79. The van der Waals surface area contributed by atoms with Crippen LogP contribution >= 0.6 is 23.2 Å². The predicted molar refractivity (Wildman–Crippen MR) is 131 cm³/mol. The van der Waals surface area contributed by atoms with Crippen LogP contribution in [-0.2, 0) is 20.2 Å². The molecule has 0 spiro atoms. The zero-order valence-electron chi connectivity index (χ0n) is 20.7. The topological polar surface area (TPSA) is 219 Å². The molecule has 1 heterocycles. The summed E-state index contributed by atoms with van der Waals surface area (Å²) in [6, 6.07) is 8.33. The van der Waals surface area contributed by atoms with Gasteiger partial charge in [-0.2, -0.15) is 28.5 Å². The summed E-state index contributed by atoms with van der Waals surface area (Å²) >= 11 is 11.5. The molecule has 2 N–H and O–H groups in total. The van der Waals surface area contributed by atoms with Crippen molar-refractivity contribution in [2.75, 3.05) is 12.4 Å². The molecule has 4 aromatic rings. The van der Waals surface area contributed by atoms with E-state index in [1.165, 1.54) is 31.4 Å². The van der Waals surface area contributed by atoms with Crippen molar-refractivity contribution < 1.29 is 94.9 Å². The standard InChI is InChI=1S/C20H14Cl2N6O8S2.2Na/c1-36-11-4-2-10(3-5-11)27-28-16-14(38(33,34)35)7-9-6-12(37(30,31)32)8-13(15(9)17(16)29)23-20-25-18(21)24-19(22)26-20;;/h2-8,29H,1H3,(H,30,31,32)(H,33,34,35)(H,23,24,25,26);;/q;2*+1/p-2. The normalized spacial score (nSPS) is 11.6. The average Bonchev–Trinajstić information content (AvgIpc) is 2.81. The van der Waals surface area contributed by atoms with Crippen molar-refractivity contribution in [1.29, 1.82) is 0 Å². The van der Waals surface area contributed by atoms with Gasteiger partial charge in [-0.05, 0) is 76.4 Å². The molecule has 0 aliphatic carbocycles. The zero-order valence-corrected chi connectivity index (χ0v) is 27.8. The molecule has 0 unspecified atom stereocenters. The number of nitrogens with one attached hydrogen (secondary N) is 1. The van der Waals surface area contributed by atoms with Gasteiger partial charge in [0.15, 0.2) is 0 Å². The number of hydrogen-bond acceptors (Lipinski definition) is 13. The van der Waals surface area contributed by atoms with Crippen LogP contribution < -0.4 is 74.3 Å². The maximum atomic E-state index is 13.5. The molecule has 198 valence electrons. The SMILES string of the molecule is COc1ccc(N=Nc2c(S(=O)(=O)O)cc3cc(S(=O)(=O)[O-])cc(Nc4nc(Cl)nc(Cl)n4)c3c2[O-])cc1.[Na+].[Na+]. The van der Waals surface area contributed by atoms with Gasteiger partial charge in [0.2, 0.25) is 16.5 Å². The van der Waals surface area contributed by atoms with Crippen LogP contribution in [-0.4, -0.2) is 48.0 Å². The Bertz CT molecular complexity index is 1810. The third-order valence-corrected chi connectivity index (χ3v) is 6.85. The third kappa shape index (κ3) is 7.99. The maximum Gasteiger partial charge on any atom is 1.00 e. The predicted octanol–water partition coefficient (Wildman–Crippen LogP) is -2.27. The van der Waals surface area contributed by atoms with Gasteiger partial charge in [-0.1, -0.05) is 5.75 Å². The Balaban J connectivity index is 0.00000280. The molecule has 14 nitrogen and oxygen atoms in total. The first kappa shape index (κ1) is 34.5. The van der Waals surface area contributed by atoms with Gasteiger partial charge in [0.05, 0.1) is 23.4 Å². The molecule has 0 radical (unpaired) electrons. The summed E-state index contributed by atoms with van der Waals surface area (Å²) in [7, 11) is -8.75. The summed E-state index contributed by atoms with van der Waals surface area (Å²) in [4.78, 5) is 9.25. The number of benzene rings is 3. The van der Waals surface area contributed by atoms with E-state index in [1.54, 1.807) is 0 Å². The molecular formula is C20H12Cl2N6Na2O8S2. The van der Waals surface area contributed by atoms with Gasteiger partial charge >= 0.3 is 59.1 Å². The smallest absolute Gasteiger partial charge is 0.870 e. The van der Waals surface area contributed by atoms with Crippen molar-refractivity contribution in [2.45, 2.75) is 9.79 Å².